The first-order chi connectivity index (χ1) is 8.45. The minimum Gasteiger partial charge on any atom is -0.489 e. The number of halogens is 3. The fraction of sp³-hybridized carbons (Fsp3) is 0.462. The summed E-state index contributed by atoms with van der Waals surface area (Å²) in [5, 5.41) is 0.774. The molecule has 5 heteroatoms. The number of carbonyl (C=O) groups excluding carboxylic acids is 1. The van der Waals surface area contributed by atoms with Crippen LogP contribution in [0, 0.1) is 0 Å². The highest BCUT2D eigenvalue weighted by Gasteiger charge is 2.17. The highest BCUT2D eigenvalue weighted by Crippen LogP contribution is 2.34. The SMILES string of the molecule is CC(C)Oc1c(Cl)cc(Cl)cc1C(=O)CCCCl. The van der Waals surface area contributed by atoms with Crippen molar-refractivity contribution in [1.82, 2.24) is 0 Å². The van der Waals surface area contributed by atoms with Gasteiger partial charge in [0.05, 0.1) is 16.7 Å². The lowest BCUT2D eigenvalue weighted by molar-refractivity contribution is 0.0976. The lowest BCUT2D eigenvalue weighted by Gasteiger charge is -2.15. The molecule has 0 saturated carbocycles. The van der Waals surface area contributed by atoms with E-state index in [1.807, 2.05) is 13.8 Å². The average molecular weight is 310 g/mol. The van der Waals surface area contributed by atoms with Crippen LogP contribution in [-0.2, 0) is 0 Å². The molecule has 1 aromatic carbocycles. The van der Waals surface area contributed by atoms with E-state index >= 15 is 0 Å². The molecule has 0 heterocycles. The second-order valence-electron chi connectivity index (χ2n) is 4.15. The molecule has 0 spiro atoms. The summed E-state index contributed by atoms with van der Waals surface area (Å²) in [6, 6.07) is 3.15. The molecular formula is C13H15Cl3O2. The first kappa shape index (κ1) is 15.6. The molecule has 0 aromatic heterocycles. The Balaban J connectivity index is 3.10. The van der Waals surface area contributed by atoms with Crippen molar-refractivity contribution in [2.24, 2.45) is 0 Å². The van der Waals surface area contributed by atoms with Gasteiger partial charge in [0.15, 0.2) is 5.78 Å². The lowest BCUT2D eigenvalue weighted by atomic mass is 10.1. The maximum absolute atomic E-state index is 12.1. The van der Waals surface area contributed by atoms with Crippen molar-refractivity contribution in [2.45, 2.75) is 32.8 Å². The monoisotopic (exact) mass is 308 g/mol. The second kappa shape index (κ2) is 7.22. The number of rotatable bonds is 6. The number of benzene rings is 1. The van der Waals surface area contributed by atoms with Gasteiger partial charge in [0.2, 0.25) is 0 Å². The van der Waals surface area contributed by atoms with E-state index in [0.29, 0.717) is 40.1 Å². The quantitative estimate of drug-likeness (QED) is 0.547. The topological polar surface area (TPSA) is 26.3 Å². The van der Waals surface area contributed by atoms with Crippen LogP contribution in [0.1, 0.15) is 37.0 Å². The molecule has 18 heavy (non-hydrogen) atoms. The molecule has 0 atom stereocenters. The Kier molecular flexibility index (Phi) is 6.27. The van der Waals surface area contributed by atoms with Crippen molar-refractivity contribution in [3.8, 4) is 5.75 Å². The van der Waals surface area contributed by atoms with Gasteiger partial charge in [-0.15, -0.1) is 11.6 Å². The van der Waals surface area contributed by atoms with E-state index in [-0.39, 0.29) is 11.9 Å². The lowest BCUT2D eigenvalue weighted by Crippen LogP contribution is -2.11. The molecule has 2 nitrogen and oxygen atoms in total. The summed E-state index contributed by atoms with van der Waals surface area (Å²) in [5.74, 6) is 0.784. The number of Topliss-reactive ketones (excluding diaryl/α,β-unsaturated/α-hetero) is 1. The van der Waals surface area contributed by atoms with Gasteiger partial charge >= 0.3 is 0 Å². The van der Waals surface area contributed by atoms with Crippen molar-refractivity contribution < 1.29 is 9.53 Å². The van der Waals surface area contributed by atoms with E-state index in [0.717, 1.165) is 0 Å². The Bertz CT molecular complexity index is 430. The molecule has 0 unspecified atom stereocenters. The highest BCUT2D eigenvalue weighted by molar-refractivity contribution is 6.36. The molecule has 0 bridgehead atoms. The summed E-state index contributed by atoms with van der Waals surface area (Å²) in [6.07, 6.45) is 0.906. The van der Waals surface area contributed by atoms with Gasteiger partial charge in [0, 0.05) is 17.3 Å². The molecule has 100 valence electrons. The van der Waals surface area contributed by atoms with Crippen LogP contribution < -0.4 is 4.74 Å². The largest absolute Gasteiger partial charge is 0.489 e. The average Bonchev–Trinajstić information content (AvgIpc) is 2.28. The van der Waals surface area contributed by atoms with E-state index in [9.17, 15) is 4.79 Å². The van der Waals surface area contributed by atoms with Crippen LogP contribution in [0.15, 0.2) is 12.1 Å². The summed E-state index contributed by atoms with van der Waals surface area (Å²) in [6.45, 7) is 3.75. The number of hydrogen-bond donors (Lipinski definition) is 0. The van der Waals surface area contributed by atoms with Crippen LogP contribution in [0.2, 0.25) is 10.0 Å². The number of alkyl halides is 1. The standard InChI is InChI=1S/C13H15Cl3O2/c1-8(2)18-13-10(12(17)4-3-5-14)6-9(15)7-11(13)16/h6-8H,3-5H2,1-2H3. The third kappa shape index (κ3) is 4.34. The first-order valence-electron chi connectivity index (χ1n) is 5.70. The molecule has 0 N–H and O–H groups in total. The zero-order valence-electron chi connectivity index (χ0n) is 10.3. The number of ketones is 1. The maximum atomic E-state index is 12.1. The van der Waals surface area contributed by atoms with Crippen molar-refractivity contribution in [3.05, 3.63) is 27.7 Å². The minimum atomic E-state index is -0.0664. The van der Waals surface area contributed by atoms with Gasteiger partial charge in [-0.3, -0.25) is 4.79 Å². The van der Waals surface area contributed by atoms with Crippen LogP contribution in [0.25, 0.3) is 0 Å². The zero-order chi connectivity index (χ0) is 13.7. The molecule has 1 rings (SSSR count). The van der Waals surface area contributed by atoms with Gasteiger partial charge in [0.25, 0.3) is 0 Å². The second-order valence-corrected chi connectivity index (χ2v) is 5.37. The van der Waals surface area contributed by atoms with Gasteiger partial charge in [-0.1, -0.05) is 23.2 Å². The Morgan fingerprint density at radius 2 is 2.00 bits per heavy atom. The molecular weight excluding hydrogens is 294 g/mol. The molecule has 0 amide bonds. The van der Waals surface area contributed by atoms with E-state index in [1.54, 1.807) is 12.1 Å². The van der Waals surface area contributed by atoms with Crippen LogP contribution in [0.4, 0.5) is 0 Å². The van der Waals surface area contributed by atoms with E-state index in [1.165, 1.54) is 0 Å². The predicted molar refractivity (Wildman–Crippen MR) is 76.5 cm³/mol. The molecule has 0 aliphatic carbocycles. The van der Waals surface area contributed by atoms with Crippen molar-refractivity contribution >= 4 is 40.6 Å². The van der Waals surface area contributed by atoms with Gasteiger partial charge in [-0.2, -0.15) is 0 Å². The third-order valence-corrected chi connectivity index (χ3v) is 2.97. The number of carbonyl (C=O) groups is 1. The number of ether oxygens (including phenoxy) is 1. The van der Waals surface area contributed by atoms with Crippen molar-refractivity contribution in [2.75, 3.05) is 5.88 Å². The molecule has 0 aliphatic rings. The van der Waals surface area contributed by atoms with Crippen LogP contribution >= 0.6 is 34.8 Å². The van der Waals surface area contributed by atoms with Crippen LogP contribution in [-0.4, -0.2) is 17.8 Å². The fourth-order valence-electron chi connectivity index (χ4n) is 1.49. The Morgan fingerprint density at radius 1 is 1.33 bits per heavy atom. The third-order valence-electron chi connectivity index (χ3n) is 2.20. The Labute approximate surface area is 122 Å². The van der Waals surface area contributed by atoms with Gasteiger partial charge < -0.3 is 4.74 Å². The summed E-state index contributed by atoms with van der Waals surface area (Å²) < 4.78 is 5.59. The maximum Gasteiger partial charge on any atom is 0.166 e. The smallest absolute Gasteiger partial charge is 0.166 e. The molecule has 0 radical (unpaired) electrons. The summed E-state index contributed by atoms with van der Waals surface area (Å²) in [4.78, 5) is 12.1. The normalized spacial score (nSPS) is 10.8. The van der Waals surface area contributed by atoms with E-state index in [2.05, 4.69) is 0 Å². The number of hydrogen-bond acceptors (Lipinski definition) is 2. The molecule has 0 aliphatic heterocycles. The minimum absolute atomic E-state index is 0.0595. The first-order valence-corrected chi connectivity index (χ1v) is 6.99. The van der Waals surface area contributed by atoms with Crippen molar-refractivity contribution in [1.29, 1.82) is 0 Å². The van der Waals surface area contributed by atoms with Crippen molar-refractivity contribution in [3.63, 3.8) is 0 Å². The van der Waals surface area contributed by atoms with E-state index in [4.69, 9.17) is 39.5 Å². The fourth-order valence-corrected chi connectivity index (χ4v) is 2.16. The van der Waals surface area contributed by atoms with Crippen LogP contribution in [0.3, 0.4) is 0 Å². The Hall–Kier alpha value is -0.440. The predicted octanol–water partition coefficient (Wildman–Crippen LogP) is 4.98. The van der Waals surface area contributed by atoms with E-state index < -0.39 is 0 Å². The van der Waals surface area contributed by atoms with Gasteiger partial charge in [-0.25, -0.2) is 0 Å². The highest BCUT2D eigenvalue weighted by atomic mass is 35.5. The summed E-state index contributed by atoms with van der Waals surface area (Å²) >= 11 is 17.6. The van der Waals surface area contributed by atoms with Gasteiger partial charge in [-0.05, 0) is 32.4 Å². The zero-order valence-corrected chi connectivity index (χ0v) is 12.6. The summed E-state index contributed by atoms with van der Waals surface area (Å²) in [7, 11) is 0. The molecule has 1 aromatic rings. The molecule has 0 saturated heterocycles. The Morgan fingerprint density at radius 3 is 2.56 bits per heavy atom. The summed E-state index contributed by atoms with van der Waals surface area (Å²) in [5.41, 5.74) is 0.423. The molecule has 0 fully saturated rings. The van der Waals surface area contributed by atoms with Gasteiger partial charge in [0.1, 0.15) is 5.75 Å². The van der Waals surface area contributed by atoms with Crippen LogP contribution in [0.5, 0.6) is 5.75 Å².